The molecule has 0 fully saturated rings. The average molecular weight is 331 g/mol. The predicted octanol–water partition coefficient (Wildman–Crippen LogP) is 2.93. The number of rotatable bonds is 6. The average Bonchev–Trinajstić information content (AvgIpc) is 3.17. The number of hydrogen-bond acceptors (Lipinski definition) is 6. The molecule has 0 spiro atoms. The van der Waals surface area contributed by atoms with Crippen LogP contribution >= 0.6 is 0 Å². The van der Waals surface area contributed by atoms with E-state index in [-0.39, 0.29) is 24.9 Å². The van der Waals surface area contributed by atoms with Gasteiger partial charge in [-0.05, 0) is 31.2 Å². The molecule has 2 aromatic heterocycles. The summed E-state index contributed by atoms with van der Waals surface area (Å²) in [6.45, 7) is 1.67. The normalized spacial score (nSPS) is 10.8. The zero-order chi connectivity index (χ0) is 16.9. The maximum Gasteiger partial charge on any atom is 0.251 e. The third-order valence-corrected chi connectivity index (χ3v) is 3.07. The lowest BCUT2D eigenvalue weighted by molar-refractivity contribution is -0.121. The standard InChI is InChI=1S/C16H14FN3O4/c1-10-6-15(20-23-10)18-16(21)9-22-8-13-7-14(24-19-13)11-2-4-12(17)5-3-11/h2-7H,8-9H2,1H3,(H,18,20,21). The summed E-state index contributed by atoms with van der Waals surface area (Å²) in [4.78, 5) is 11.7. The minimum atomic E-state index is -0.356. The number of carbonyl (C=O) groups excluding carboxylic acids is 1. The van der Waals surface area contributed by atoms with E-state index in [0.29, 0.717) is 28.6 Å². The van der Waals surface area contributed by atoms with E-state index in [1.807, 2.05) is 0 Å². The minimum Gasteiger partial charge on any atom is -0.365 e. The van der Waals surface area contributed by atoms with Crippen LogP contribution in [-0.2, 0) is 16.1 Å². The SMILES string of the molecule is Cc1cc(NC(=O)COCc2cc(-c3ccc(F)cc3)on2)no1. The third kappa shape index (κ3) is 4.05. The van der Waals surface area contributed by atoms with Gasteiger partial charge in [0.25, 0.3) is 5.91 Å². The van der Waals surface area contributed by atoms with Crippen molar-refractivity contribution in [1.29, 1.82) is 0 Å². The Labute approximate surface area is 136 Å². The van der Waals surface area contributed by atoms with Gasteiger partial charge < -0.3 is 19.1 Å². The van der Waals surface area contributed by atoms with Crippen LogP contribution in [0.4, 0.5) is 10.2 Å². The van der Waals surface area contributed by atoms with E-state index in [1.165, 1.54) is 12.1 Å². The molecule has 124 valence electrons. The lowest BCUT2D eigenvalue weighted by Gasteiger charge is -2.01. The Bertz CT molecular complexity index is 826. The van der Waals surface area contributed by atoms with Gasteiger partial charge in [0.1, 0.15) is 23.9 Å². The van der Waals surface area contributed by atoms with Gasteiger partial charge in [-0.1, -0.05) is 10.3 Å². The van der Waals surface area contributed by atoms with Crippen LogP contribution in [0, 0.1) is 12.7 Å². The Morgan fingerprint density at radius 2 is 2.00 bits per heavy atom. The molecule has 1 aromatic carbocycles. The molecular formula is C16H14FN3O4. The van der Waals surface area contributed by atoms with Gasteiger partial charge in [-0.15, -0.1) is 0 Å². The molecule has 0 aliphatic heterocycles. The van der Waals surface area contributed by atoms with E-state index in [1.54, 1.807) is 31.2 Å². The fourth-order valence-corrected chi connectivity index (χ4v) is 1.98. The number of benzene rings is 1. The van der Waals surface area contributed by atoms with E-state index >= 15 is 0 Å². The molecule has 0 bridgehead atoms. The second kappa shape index (κ2) is 7.05. The van der Waals surface area contributed by atoms with Gasteiger partial charge in [-0.3, -0.25) is 4.79 Å². The predicted molar refractivity (Wildman–Crippen MR) is 81.4 cm³/mol. The number of halogens is 1. The summed E-state index contributed by atoms with van der Waals surface area (Å²) in [5.74, 6) is 0.750. The Morgan fingerprint density at radius 3 is 2.71 bits per heavy atom. The zero-order valence-corrected chi connectivity index (χ0v) is 12.8. The van der Waals surface area contributed by atoms with Crippen LogP contribution in [0.1, 0.15) is 11.5 Å². The molecule has 24 heavy (non-hydrogen) atoms. The first kappa shape index (κ1) is 15.9. The van der Waals surface area contributed by atoms with Crippen molar-refractivity contribution in [2.24, 2.45) is 0 Å². The van der Waals surface area contributed by atoms with Gasteiger partial charge in [-0.2, -0.15) is 0 Å². The number of nitrogens with zero attached hydrogens (tertiary/aromatic N) is 2. The highest BCUT2D eigenvalue weighted by molar-refractivity contribution is 5.90. The van der Waals surface area contributed by atoms with E-state index in [9.17, 15) is 9.18 Å². The topological polar surface area (TPSA) is 90.4 Å². The molecule has 7 nitrogen and oxygen atoms in total. The molecule has 3 rings (SSSR count). The van der Waals surface area contributed by atoms with Gasteiger partial charge in [0.05, 0.1) is 6.61 Å². The van der Waals surface area contributed by atoms with Crippen molar-refractivity contribution in [2.45, 2.75) is 13.5 Å². The first-order chi connectivity index (χ1) is 11.6. The smallest absolute Gasteiger partial charge is 0.251 e. The van der Waals surface area contributed by atoms with Gasteiger partial charge in [0.2, 0.25) is 0 Å². The quantitative estimate of drug-likeness (QED) is 0.747. The van der Waals surface area contributed by atoms with Gasteiger partial charge in [-0.25, -0.2) is 4.39 Å². The van der Waals surface area contributed by atoms with Crippen molar-refractivity contribution < 1.29 is 23.0 Å². The third-order valence-electron chi connectivity index (χ3n) is 3.07. The second-order valence-electron chi connectivity index (χ2n) is 5.05. The van der Waals surface area contributed by atoms with Crippen LogP contribution in [0.2, 0.25) is 0 Å². The largest absolute Gasteiger partial charge is 0.365 e. The van der Waals surface area contributed by atoms with Crippen LogP contribution < -0.4 is 5.32 Å². The Balaban J connectivity index is 1.48. The van der Waals surface area contributed by atoms with E-state index < -0.39 is 0 Å². The number of nitrogens with one attached hydrogen (secondary N) is 1. The number of ether oxygens (including phenoxy) is 1. The van der Waals surface area contributed by atoms with Crippen LogP contribution in [0.25, 0.3) is 11.3 Å². The summed E-state index contributed by atoms with van der Waals surface area (Å²) in [5, 5.41) is 10.0. The van der Waals surface area contributed by atoms with Crippen LogP contribution in [-0.4, -0.2) is 22.8 Å². The van der Waals surface area contributed by atoms with Crippen LogP contribution in [0.3, 0.4) is 0 Å². The molecule has 0 saturated carbocycles. The zero-order valence-electron chi connectivity index (χ0n) is 12.8. The highest BCUT2D eigenvalue weighted by Gasteiger charge is 2.09. The first-order valence-electron chi connectivity index (χ1n) is 7.12. The summed E-state index contributed by atoms with van der Waals surface area (Å²) < 4.78 is 28.2. The molecule has 3 aromatic rings. The first-order valence-corrected chi connectivity index (χ1v) is 7.12. The summed E-state index contributed by atoms with van der Waals surface area (Å²) in [6, 6.07) is 9.13. The molecule has 0 aliphatic carbocycles. The van der Waals surface area contributed by atoms with Crippen molar-refractivity contribution in [3.63, 3.8) is 0 Å². The second-order valence-corrected chi connectivity index (χ2v) is 5.05. The number of amides is 1. The number of hydrogen-bond donors (Lipinski definition) is 1. The van der Waals surface area contributed by atoms with Gasteiger partial charge >= 0.3 is 0 Å². The summed E-state index contributed by atoms with van der Waals surface area (Å²) >= 11 is 0. The molecule has 0 saturated heterocycles. The maximum atomic E-state index is 12.9. The van der Waals surface area contributed by atoms with E-state index in [0.717, 1.165) is 0 Å². The molecule has 0 aliphatic rings. The van der Waals surface area contributed by atoms with Crippen molar-refractivity contribution in [2.75, 3.05) is 11.9 Å². The number of carbonyl (C=O) groups is 1. The van der Waals surface area contributed by atoms with Gasteiger partial charge in [0, 0.05) is 17.7 Å². The van der Waals surface area contributed by atoms with Crippen molar-refractivity contribution in [3.05, 3.63) is 53.7 Å². The molecule has 0 unspecified atom stereocenters. The molecule has 8 heteroatoms. The molecule has 2 heterocycles. The van der Waals surface area contributed by atoms with Crippen LogP contribution in [0.15, 0.2) is 45.4 Å². The van der Waals surface area contributed by atoms with Crippen LogP contribution in [0.5, 0.6) is 0 Å². The lowest BCUT2D eigenvalue weighted by Crippen LogP contribution is -2.18. The van der Waals surface area contributed by atoms with Gasteiger partial charge in [0.15, 0.2) is 11.6 Å². The summed E-state index contributed by atoms with van der Waals surface area (Å²) in [5.41, 5.74) is 1.23. The fraction of sp³-hybridized carbons (Fsp3) is 0.188. The molecular weight excluding hydrogens is 317 g/mol. The summed E-state index contributed by atoms with van der Waals surface area (Å²) in [7, 11) is 0. The molecule has 1 amide bonds. The number of aryl methyl sites for hydroxylation is 1. The highest BCUT2D eigenvalue weighted by atomic mass is 19.1. The Morgan fingerprint density at radius 1 is 1.21 bits per heavy atom. The Hall–Kier alpha value is -3.00. The van der Waals surface area contributed by atoms with E-state index in [2.05, 4.69) is 15.6 Å². The number of aromatic nitrogens is 2. The Kier molecular flexibility index (Phi) is 4.66. The van der Waals surface area contributed by atoms with Crippen molar-refractivity contribution in [1.82, 2.24) is 10.3 Å². The molecule has 1 N–H and O–H groups in total. The minimum absolute atomic E-state index is 0.107. The molecule has 0 atom stereocenters. The summed E-state index contributed by atoms with van der Waals surface area (Å²) in [6.07, 6.45) is 0. The fourth-order valence-electron chi connectivity index (χ4n) is 1.98. The lowest BCUT2D eigenvalue weighted by atomic mass is 10.1. The van der Waals surface area contributed by atoms with Crippen molar-refractivity contribution >= 4 is 11.7 Å². The maximum absolute atomic E-state index is 12.9. The monoisotopic (exact) mass is 331 g/mol. The number of anilines is 1. The van der Waals surface area contributed by atoms with E-state index in [4.69, 9.17) is 13.8 Å². The molecule has 0 radical (unpaired) electrons. The van der Waals surface area contributed by atoms with Crippen molar-refractivity contribution in [3.8, 4) is 11.3 Å². The highest BCUT2D eigenvalue weighted by Crippen LogP contribution is 2.20.